The van der Waals surface area contributed by atoms with Crippen LogP contribution in [0.15, 0.2) is 12.1 Å². The zero-order chi connectivity index (χ0) is 10.6. The Morgan fingerprint density at radius 2 is 2.36 bits per heavy atom. The van der Waals surface area contributed by atoms with Gasteiger partial charge in [0.05, 0.1) is 12.0 Å². The molecule has 3 nitrogen and oxygen atoms in total. The van der Waals surface area contributed by atoms with E-state index >= 15 is 0 Å². The van der Waals surface area contributed by atoms with Crippen LogP contribution in [0.3, 0.4) is 0 Å². The number of hydrogen-bond acceptors (Lipinski definition) is 4. The molecular weight excluding hydrogens is 218 g/mol. The number of methoxy groups -OCH3 is 1. The van der Waals surface area contributed by atoms with E-state index in [1.54, 1.807) is 11.3 Å². The molecule has 1 heterocycles. The largest absolute Gasteiger partial charge is 0.468 e. The van der Waals surface area contributed by atoms with Crippen molar-refractivity contribution in [2.75, 3.05) is 13.7 Å². The van der Waals surface area contributed by atoms with Crippen molar-refractivity contribution in [3.63, 3.8) is 0 Å². The van der Waals surface area contributed by atoms with Crippen LogP contribution in [0, 0.1) is 6.92 Å². The topological polar surface area (TPSA) is 38.3 Å². The van der Waals surface area contributed by atoms with Crippen LogP contribution < -0.4 is 5.32 Å². The molecule has 0 atom stereocenters. The molecule has 0 aliphatic rings. The molecule has 5 heteroatoms. The number of hydrogen-bond donors (Lipinski definition) is 1. The van der Waals surface area contributed by atoms with E-state index in [-0.39, 0.29) is 12.5 Å². The first-order chi connectivity index (χ1) is 6.63. The molecular formula is C9H11NO2S2. The van der Waals surface area contributed by atoms with Gasteiger partial charge in [0.25, 0.3) is 0 Å². The summed E-state index contributed by atoms with van der Waals surface area (Å²) in [6, 6.07) is 3.93. The highest BCUT2D eigenvalue weighted by atomic mass is 32.1. The third-order valence-electron chi connectivity index (χ3n) is 1.59. The lowest BCUT2D eigenvalue weighted by molar-refractivity contribution is -0.139. The van der Waals surface area contributed by atoms with E-state index in [0.717, 1.165) is 4.88 Å². The molecule has 1 aromatic rings. The second-order valence-corrected chi connectivity index (χ2v) is 4.37. The van der Waals surface area contributed by atoms with Gasteiger partial charge in [0.15, 0.2) is 0 Å². The van der Waals surface area contributed by atoms with E-state index in [4.69, 9.17) is 12.2 Å². The highest BCUT2D eigenvalue weighted by molar-refractivity contribution is 7.81. The smallest absolute Gasteiger partial charge is 0.325 e. The lowest BCUT2D eigenvalue weighted by Crippen LogP contribution is -2.28. The first-order valence-electron chi connectivity index (χ1n) is 4.05. The molecule has 0 spiro atoms. The molecule has 1 aromatic heterocycles. The molecule has 0 fully saturated rings. The monoisotopic (exact) mass is 229 g/mol. The standard InChI is InChI=1S/C9H11NO2S2/c1-6-3-4-7(14-6)9(13)10-5-8(11)12-2/h3-4H,5H2,1-2H3,(H,10,13). The Bertz CT molecular complexity index is 346. The fraction of sp³-hybridized carbons (Fsp3) is 0.333. The number of thiocarbonyl (C=S) groups is 1. The number of carbonyl (C=O) groups is 1. The van der Waals surface area contributed by atoms with Crippen LogP contribution in [0.5, 0.6) is 0 Å². The summed E-state index contributed by atoms with van der Waals surface area (Å²) in [6.07, 6.45) is 0. The summed E-state index contributed by atoms with van der Waals surface area (Å²) in [4.78, 5) is 13.6. The van der Waals surface area contributed by atoms with Crippen LogP contribution in [0.25, 0.3) is 0 Å². The Morgan fingerprint density at radius 3 is 2.86 bits per heavy atom. The van der Waals surface area contributed by atoms with Gasteiger partial charge >= 0.3 is 5.97 Å². The Morgan fingerprint density at radius 1 is 1.64 bits per heavy atom. The van der Waals surface area contributed by atoms with E-state index in [1.165, 1.54) is 12.0 Å². The zero-order valence-electron chi connectivity index (χ0n) is 7.99. The van der Waals surface area contributed by atoms with Crippen LogP contribution in [0.2, 0.25) is 0 Å². The van der Waals surface area contributed by atoms with E-state index in [0.29, 0.717) is 4.99 Å². The summed E-state index contributed by atoms with van der Waals surface area (Å²) < 4.78 is 4.48. The quantitative estimate of drug-likeness (QED) is 0.629. The van der Waals surface area contributed by atoms with Crippen molar-refractivity contribution < 1.29 is 9.53 Å². The van der Waals surface area contributed by atoms with Crippen LogP contribution >= 0.6 is 23.6 Å². The highest BCUT2D eigenvalue weighted by Crippen LogP contribution is 2.14. The molecule has 1 N–H and O–H groups in total. The third-order valence-corrected chi connectivity index (χ3v) is 3.10. The molecule has 0 saturated carbocycles. The predicted octanol–water partition coefficient (Wildman–Crippen LogP) is 1.49. The predicted molar refractivity (Wildman–Crippen MR) is 60.8 cm³/mol. The van der Waals surface area contributed by atoms with Gasteiger partial charge in [-0.1, -0.05) is 12.2 Å². The summed E-state index contributed by atoms with van der Waals surface area (Å²) in [5.74, 6) is -0.319. The summed E-state index contributed by atoms with van der Waals surface area (Å²) in [7, 11) is 1.35. The summed E-state index contributed by atoms with van der Waals surface area (Å²) in [5.41, 5.74) is 0. The Hall–Kier alpha value is -0.940. The minimum Gasteiger partial charge on any atom is -0.468 e. The van der Waals surface area contributed by atoms with Gasteiger partial charge < -0.3 is 10.1 Å². The molecule has 0 saturated heterocycles. The van der Waals surface area contributed by atoms with Crippen molar-refractivity contribution in [3.05, 3.63) is 21.9 Å². The van der Waals surface area contributed by atoms with Crippen LogP contribution in [-0.2, 0) is 9.53 Å². The zero-order valence-corrected chi connectivity index (χ0v) is 9.63. The number of rotatable bonds is 3. The van der Waals surface area contributed by atoms with Gasteiger partial charge in [0.1, 0.15) is 11.5 Å². The maximum Gasteiger partial charge on any atom is 0.325 e. The van der Waals surface area contributed by atoms with Crippen molar-refractivity contribution in [3.8, 4) is 0 Å². The summed E-state index contributed by atoms with van der Waals surface area (Å²) in [5, 5.41) is 2.83. The van der Waals surface area contributed by atoms with Gasteiger partial charge in [-0.05, 0) is 19.1 Å². The lowest BCUT2D eigenvalue weighted by Gasteiger charge is -2.03. The maximum absolute atomic E-state index is 10.8. The number of esters is 1. The Kier molecular flexibility index (Phi) is 4.03. The van der Waals surface area contributed by atoms with Crippen LogP contribution in [-0.4, -0.2) is 24.6 Å². The molecule has 14 heavy (non-hydrogen) atoms. The van der Waals surface area contributed by atoms with Gasteiger partial charge in [-0.3, -0.25) is 4.79 Å². The van der Waals surface area contributed by atoms with Gasteiger partial charge in [-0.25, -0.2) is 0 Å². The van der Waals surface area contributed by atoms with Crippen molar-refractivity contribution in [2.45, 2.75) is 6.92 Å². The Balaban J connectivity index is 2.47. The molecule has 0 aromatic carbocycles. The van der Waals surface area contributed by atoms with Crippen molar-refractivity contribution in [1.82, 2.24) is 5.32 Å². The highest BCUT2D eigenvalue weighted by Gasteiger charge is 2.05. The van der Waals surface area contributed by atoms with Crippen molar-refractivity contribution in [2.24, 2.45) is 0 Å². The van der Waals surface area contributed by atoms with E-state index in [1.807, 2.05) is 19.1 Å². The lowest BCUT2D eigenvalue weighted by atomic mass is 10.4. The first kappa shape index (κ1) is 11.1. The molecule has 0 aliphatic heterocycles. The fourth-order valence-electron chi connectivity index (χ4n) is 0.868. The summed E-state index contributed by atoms with van der Waals surface area (Å²) in [6.45, 7) is 2.13. The van der Waals surface area contributed by atoms with Crippen molar-refractivity contribution >= 4 is 34.5 Å². The van der Waals surface area contributed by atoms with E-state index < -0.39 is 0 Å². The number of nitrogens with one attached hydrogen (secondary N) is 1. The fourth-order valence-corrected chi connectivity index (χ4v) is 1.92. The number of aryl methyl sites for hydroxylation is 1. The van der Waals surface area contributed by atoms with E-state index in [9.17, 15) is 4.79 Å². The number of carbonyl (C=O) groups excluding carboxylic acids is 1. The minimum absolute atomic E-state index is 0.117. The molecule has 0 bridgehead atoms. The molecule has 0 unspecified atom stereocenters. The molecule has 76 valence electrons. The average Bonchev–Trinajstić information content (AvgIpc) is 2.60. The molecule has 0 amide bonds. The number of thiophene rings is 1. The molecule has 1 rings (SSSR count). The van der Waals surface area contributed by atoms with Crippen LogP contribution in [0.4, 0.5) is 0 Å². The SMILES string of the molecule is COC(=O)CNC(=S)c1ccc(C)s1. The maximum atomic E-state index is 10.8. The van der Waals surface area contributed by atoms with Gasteiger partial charge in [-0.15, -0.1) is 11.3 Å². The minimum atomic E-state index is -0.319. The second-order valence-electron chi connectivity index (χ2n) is 2.67. The molecule has 0 radical (unpaired) electrons. The van der Waals surface area contributed by atoms with Gasteiger partial charge in [0, 0.05) is 4.88 Å². The third kappa shape index (κ3) is 3.08. The second kappa shape index (κ2) is 5.07. The Labute approximate surface area is 92.1 Å². The van der Waals surface area contributed by atoms with E-state index in [2.05, 4.69) is 10.1 Å². The average molecular weight is 229 g/mol. The van der Waals surface area contributed by atoms with Crippen LogP contribution in [0.1, 0.15) is 9.75 Å². The normalized spacial score (nSPS) is 9.57. The summed E-state index contributed by atoms with van der Waals surface area (Å²) >= 11 is 6.69. The van der Waals surface area contributed by atoms with Gasteiger partial charge in [0.2, 0.25) is 0 Å². The van der Waals surface area contributed by atoms with Crippen molar-refractivity contribution in [1.29, 1.82) is 0 Å². The first-order valence-corrected chi connectivity index (χ1v) is 5.27. The number of ether oxygens (including phenoxy) is 1. The van der Waals surface area contributed by atoms with Gasteiger partial charge in [-0.2, -0.15) is 0 Å². The molecule has 0 aliphatic carbocycles.